The molecule has 3 amide bonds. The number of ether oxygens (including phenoxy) is 2. The minimum atomic E-state index is -0.596. The first-order chi connectivity index (χ1) is 14.9. The normalized spacial score (nSPS) is 14.5. The number of pyridine rings is 1. The number of benzene rings is 1. The molecule has 1 fully saturated rings. The van der Waals surface area contributed by atoms with E-state index in [-0.39, 0.29) is 16.4 Å². The van der Waals surface area contributed by atoms with E-state index in [1.54, 1.807) is 36.4 Å². The molecule has 1 saturated heterocycles. The lowest BCUT2D eigenvalue weighted by molar-refractivity contribution is -0.129. The molecule has 1 aliphatic rings. The van der Waals surface area contributed by atoms with Gasteiger partial charge in [-0.1, -0.05) is 30.0 Å². The van der Waals surface area contributed by atoms with Crippen molar-refractivity contribution in [2.45, 2.75) is 0 Å². The van der Waals surface area contributed by atoms with Gasteiger partial charge >= 0.3 is 0 Å². The Morgan fingerprint density at radius 3 is 2.65 bits per heavy atom. The Morgan fingerprint density at radius 1 is 1.19 bits per heavy atom. The van der Waals surface area contributed by atoms with Crippen LogP contribution in [0.3, 0.4) is 0 Å². The smallest absolute Gasteiger partial charge is 0.271 e. The third-order valence-corrected chi connectivity index (χ3v) is 5.50. The van der Waals surface area contributed by atoms with Gasteiger partial charge in [0, 0.05) is 12.4 Å². The lowest BCUT2D eigenvalue weighted by Gasteiger charge is -2.14. The van der Waals surface area contributed by atoms with Crippen molar-refractivity contribution in [2.24, 2.45) is 0 Å². The van der Waals surface area contributed by atoms with Crippen LogP contribution in [0.5, 0.6) is 11.5 Å². The average Bonchev–Trinajstić information content (AvgIpc) is 3.05. The van der Waals surface area contributed by atoms with Gasteiger partial charge in [0.25, 0.3) is 17.7 Å². The molecule has 0 bridgehead atoms. The first kappa shape index (κ1) is 22.2. The third-order valence-electron chi connectivity index (χ3n) is 4.12. The van der Waals surface area contributed by atoms with Crippen LogP contribution in [0.4, 0.5) is 0 Å². The van der Waals surface area contributed by atoms with Crippen molar-refractivity contribution < 1.29 is 23.9 Å². The van der Waals surface area contributed by atoms with Crippen molar-refractivity contribution in [3.63, 3.8) is 0 Å². The maximum absolute atomic E-state index is 12.7. The van der Waals surface area contributed by atoms with E-state index in [0.717, 1.165) is 16.7 Å². The molecule has 0 radical (unpaired) electrons. The van der Waals surface area contributed by atoms with E-state index in [2.05, 4.69) is 15.8 Å². The SMILES string of the molecule is COc1ccc(C=C2SC(=S)N(CC(=O)NNC(=O)c3cccnc3)C2=O)cc1OC. The Kier molecular flexibility index (Phi) is 7.21. The van der Waals surface area contributed by atoms with Gasteiger partial charge in [0.2, 0.25) is 0 Å². The molecule has 2 N–H and O–H groups in total. The van der Waals surface area contributed by atoms with E-state index < -0.39 is 17.7 Å². The summed E-state index contributed by atoms with van der Waals surface area (Å²) >= 11 is 6.32. The Labute approximate surface area is 187 Å². The molecular weight excluding hydrogens is 440 g/mol. The number of aromatic nitrogens is 1. The minimum Gasteiger partial charge on any atom is -0.493 e. The zero-order valence-electron chi connectivity index (χ0n) is 16.6. The predicted molar refractivity (Wildman–Crippen MR) is 119 cm³/mol. The minimum absolute atomic E-state index is 0.241. The summed E-state index contributed by atoms with van der Waals surface area (Å²) in [5.41, 5.74) is 5.53. The van der Waals surface area contributed by atoms with Gasteiger partial charge in [-0.05, 0) is 35.9 Å². The Bertz CT molecular complexity index is 1060. The summed E-state index contributed by atoms with van der Waals surface area (Å²) in [6.07, 6.45) is 4.55. The van der Waals surface area contributed by atoms with Gasteiger partial charge in [-0.15, -0.1) is 0 Å². The zero-order valence-corrected chi connectivity index (χ0v) is 18.2. The number of thiocarbonyl (C=S) groups is 1. The van der Waals surface area contributed by atoms with Crippen LogP contribution < -0.4 is 20.3 Å². The van der Waals surface area contributed by atoms with Crippen LogP contribution in [-0.4, -0.2) is 52.7 Å². The van der Waals surface area contributed by atoms with Crippen LogP contribution in [0.1, 0.15) is 15.9 Å². The molecule has 0 unspecified atom stereocenters. The maximum Gasteiger partial charge on any atom is 0.271 e. The van der Waals surface area contributed by atoms with Crippen molar-refractivity contribution in [1.82, 2.24) is 20.7 Å². The van der Waals surface area contributed by atoms with Gasteiger partial charge in [-0.3, -0.25) is 35.1 Å². The molecule has 1 aromatic carbocycles. The van der Waals surface area contributed by atoms with Crippen LogP contribution in [0.25, 0.3) is 6.08 Å². The molecule has 9 nitrogen and oxygen atoms in total. The molecule has 0 spiro atoms. The fourth-order valence-electron chi connectivity index (χ4n) is 2.61. The summed E-state index contributed by atoms with van der Waals surface area (Å²) in [7, 11) is 3.06. The van der Waals surface area contributed by atoms with E-state index in [4.69, 9.17) is 21.7 Å². The second kappa shape index (κ2) is 10.0. The molecule has 31 heavy (non-hydrogen) atoms. The molecule has 0 atom stereocenters. The third kappa shape index (κ3) is 5.38. The van der Waals surface area contributed by atoms with E-state index >= 15 is 0 Å². The Morgan fingerprint density at radius 2 is 1.97 bits per heavy atom. The van der Waals surface area contributed by atoms with Crippen molar-refractivity contribution >= 4 is 52.1 Å². The number of carbonyl (C=O) groups excluding carboxylic acids is 3. The van der Waals surface area contributed by atoms with Crippen LogP contribution in [-0.2, 0) is 9.59 Å². The highest BCUT2D eigenvalue weighted by molar-refractivity contribution is 8.26. The summed E-state index contributed by atoms with van der Waals surface area (Å²) < 4.78 is 10.7. The fraction of sp³-hybridized carbons (Fsp3) is 0.150. The molecule has 1 aromatic heterocycles. The Hall–Kier alpha value is -3.44. The lowest BCUT2D eigenvalue weighted by Crippen LogP contribution is -2.47. The summed E-state index contributed by atoms with van der Waals surface area (Å²) in [4.78, 5) is 42.2. The summed E-state index contributed by atoms with van der Waals surface area (Å²) in [6.45, 7) is -0.332. The first-order valence-corrected chi connectivity index (χ1v) is 10.1. The Balaban J connectivity index is 1.63. The second-order valence-electron chi connectivity index (χ2n) is 6.13. The molecular formula is C20H18N4O5S2. The van der Waals surface area contributed by atoms with Crippen LogP contribution >= 0.6 is 24.0 Å². The lowest BCUT2D eigenvalue weighted by atomic mass is 10.2. The van der Waals surface area contributed by atoms with Crippen molar-refractivity contribution in [2.75, 3.05) is 20.8 Å². The monoisotopic (exact) mass is 458 g/mol. The number of nitrogens with one attached hydrogen (secondary N) is 2. The van der Waals surface area contributed by atoms with Crippen molar-refractivity contribution in [1.29, 1.82) is 0 Å². The van der Waals surface area contributed by atoms with Gasteiger partial charge in [0.15, 0.2) is 11.5 Å². The van der Waals surface area contributed by atoms with Gasteiger partial charge < -0.3 is 9.47 Å². The van der Waals surface area contributed by atoms with Crippen LogP contribution in [0, 0.1) is 0 Å². The number of hydrazine groups is 1. The highest BCUT2D eigenvalue weighted by Crippen LogP contribution is 2.34. The highest BCUT2D eigenvalue weighted by Gasteiger charge is 2.33. The van der Waals surface area contributed by atoms with E-state index in [9.17, 15) is 14.4 Å². The molecule has 3 rings (SSSR count). The summed E-state index contributed by atoms with van der Waals surface area (Å²) in [6, 6.07) is 8.38. The largest absolute Gasteiger partial charge is 0.493 e. The number of methoxy groups -OCH3 is 2. The number of amides is 3. The van der Waals surface area contributed by atoms with E-state index in [0.29, 0.717) is 22.0 Å². The molecule has 2 heterocycles. The van der Waals surface area contributed by atoms with E-state index in [1.807, 2.05) is 0 Å². The number of thioether (sulfide) groups is 1. The standard InChI is InChI=1S/C20H18N4O5S2/c1-28-14-6-5-12(8-15(14)29-2)9-16-19(27)24(20(30)31-16)11-17(25)22-23-18(26)13-4-3-7-21-10-13/h3-10H,11H2,1-2H3,(H,22,25)(H,23,26). The predicted octanol–water partition coefficient (Wildman–Crippen LogP) is 1.76. The molecule has 11 heteroatoms. The topological polar surface area (TPSA) is 110 Å². The number of carbonyl (C=O) groups is 3. The maximum atomic E-state index is 12.7. The van der Waals surface area contributed by atoms with Crippen molar-refractivity contribution in [3.05, 3.63) is 58.8 Å². The van der Waals surface area contributed by atoms with Crippen LogP contribution in [0.2, 0.25) is 0 Å². The van der Waals surface area contributed by atoms with Gasteiger partial charge in [-0.2, -0.15) is 0 Å². The number of hydrogen-bond donors (Lipinski definition) is 2. The van der Waals surface area contributed by atoms with Gasteiger partial charge in [0.1, 0.15) is 10.9 Å². The number of rotatable bonds is 6. The number of nitrogens with zero attached hydrogens (tertiary/aromatic N) is 2. The van der Waals surface area contributed by atoms with Gasteiger partial charge in [0.05, 0.1) is 24.7 Å². The van der Waals surface area contributed by atoms with E-state index in [1.165, 1.54) is 26.6 Å². The zero-order chi connectivity index (χ0) is 22.4. The molecule has 2 aromatic rings. The average molecular weight is 459 g/mol. The first-order valence-electron chi connectivity index (χ1n) is 8.89. The van der Waals surface area contributed by atoms with Crippen LogP contribution in [0.15, 0.2) is 47.6 Å². The molecule has 0 saturated carbocycles. The molecule has 0 aliphatic carbocycles. The summed E-state index contributed by atoms with van der Waals surface area (Å²) in [5.74, 6) is -0.438. The van der Waals surface area contributed by atoms with Gasteiger partial charge in [-0.25, -0.2) is 0 Å². The second-order valence-corrected chi connectivity index (χ2v) is 7.80. The highest BCUT2D eigenvalue weighted by atomic mass is 32.2. The molecule has 160 valence electrons. The summed E-state index contributed by atoms with van der Waals surface area (Å²) in [5, 5.41) is 0. The fourth-order valence-corrected chi connectivity index (χ4v) is 3.86. The number of hydrogen-bond acceptors (Lipinski definition) is 8. The molecule has 1 aliphatic heterocycles. The van der Waals surface area contributed by atoms with Crippen molar-refractivity contribution in [3.8, 4) is 11.5 Å². The quantitative estimate of drug-likeness (QED) is 0.383.